The Kier molecular flexibility index (Phi) is 3.19. The third-order valence-corrected chi connectivity index (χ3v) is 5.69. The standard InChI is InChI=1S/C19H14ClF2N3O/c20-12-4-2-1-3-10(12)15-16-14-11(18(26)25-24-16)7-9(21)8-13(14)23-17(15)19(22)5-6-19/h1-4,7-8,15,17,23H,5-6H2,(H,25,26)/t15-,17-/m0/s1. The molecule has 1 aliphatic heterocycles. The summed E-state index contributed by atoms with van der Waals surface area (Å²) in [5, 5.41) is 11.0. The van der Waals surface area contributed by atoms with E-state index < -0.39 is 29.0 Å². The predicted octanol–water partition coefficient (Wildman–Crippen LogP) is 4.14. The number of anilines is 1. The fourth-order valence-electron chi connectivity index (χ4n) is 3.95. The molecule has 0 amide bonds. The quantitative estimate of drug-likeness (QED) is 0.709. The number of benzene rings is 2. The van der Waals surface area contributed by atoms with E-state index >= 15 is 4.39 Å². The summed E-state index contributed by atoms with van der Waals surface area (Å²) in [4.78, 5) is 12.2. The molecule has 0 saturated heterocycles. The van der Waals surface area contributed by atoms with Gasteiger partial charge in [-0.2, -0.15) is 5.10 Å². The minimum Gasteiger partial charge on any atom is -0.377 e. The maximum atomic E-state index is 15.2. The number of rotatable bonds is 2. The van der Waals surface area contributed by atoms with Crippen molar-refractivity contribution in [1.82, 2.24) is 10.2 Å². The second kappa shape index (κ2) is 5.27. The van der Waals surface area contributed by atoms with E-state index in [2.05, 4.69) is 15.5 Å². The fraction of sp³-hybridized carbons (Fsp3) is 0.263. The van der Waals surface area contributed by atoms with Gasteiger partial charge in [-0.25, -0.2) is 13.9 Å². The van der Waals surface area contributed by atoms with Gasteiger partial charge in [0.05, 0.1) is 23.0 Å². The minimum absolute atomic E-state index is 0.191. The maximum absolute atomic E-state index is 15.2. The monoisotopic (exact) mass is 373 g/mol. The average molecular weight is 374 g/mol. The molecule has 2 aromatic carbocycles. The van der Waals surface area contributed by atoms with E-state index in [-0.39, 0.29) is 5.39 Å². The molecule has 0 bridgehead atoms. The second-order valence-electron chi connectivity index (χ2n) is 6.97. The van der Waals surface area contributed by atoms with Crippen LogP contribution in [0.1, 0.15) is 30.0 Å². The zero-order valence-corrected chi connectivity index (χ0v) is 14.3. The molecule has 1 aromatic heterocycles. The molecule has 26 heavy (non-hydrogen) atoms. The summed E-state index contributed by atoms with van der Waals surface area (Å²) in [6.45, 7) is 0. The van der Waals surface area contributed by atoms with Crippen LogP contribution < -0.4 is 10.9 Å². The van der Waals surface area contributed by atoms with E-state index in [1.807, 2.05) is 12.1 Å². The maximum Gasteiger partial charge on any atom is 0.272 e. The normalized spacial score (nSPS) is 22.9. The number of alkyl halides is 1. The van der Waals surface area contributed by atoms with Gasteiger partial charge in [0.25, 0.3) is 5.56 Å². The summed E-state index contributed by atoms with van der Waals surface area (Å²) >= 11 is 6.40. The average Bonchev–Trinajstić information content (AvgIpc) is 3.36. The second-order valence-corrected chi connectivity index (χ2v) is 7.38. The lowest BCUT2D eigenvalue weighted by Crippen LogP contribution is -2.42. The molecule has 1 aliphatic carbocycles. The molecule has 0 spiro atoms. The topological polar surface area (TPSA) is 57.8 Å². The molecule has 4 nitrogen and oxygen atoms in total. The van der Waals surface area contributed by atoms with Crippen molar-refractivity contribution in [3.8, 4) is 0 Å². The molecule has 2 atom stereocenters. The fourth-order valence-corrected chi connectivity index (χ4v) is 4.20. The third-order valence-electron chi connectivity index (χ3n) is 5.35. The van der Waals surface area contributed by atoms with Crippen LogP contribution in [0, 0.1) is 5.82 Å². The highest BCUT2D eigenvalue weighted by Crippen LogP contribution is 2.53. The van der Waals surface area contributed by atoms with Crippen LogP contribution in [-0.2, 0) is 0 Å². The summed E-state index contributed by atoms with van der Waals surface area (Å²) in [5.74, 6) is -1.05. The van der Waals surface area contributed by atoms with Crippen molar-refractivity contribution >= 4 is 28.1 Å². The lowest BCUT2D eigenvalue weighted by Gasteiger charge is -2.36. The molecule has 2 N–H and O–H groups in total. The summed E-state index contributed by atoms with van der Waals surface area (Å²) < 4.78 is 29.2. The summed E-state index contributed by atoms with van der Waals surface area (Å²) in [5.41, 5.74) is -0.269. The first-order chi connectivity index (χ1) is 12.5. The molecule has 132 valence electrons. The lowest BCUT2D eigenvalue weighted by atomic mass is 9.80. The third kappa shape index (κ3) is 2.18. The highest BCUT2D eigenvalue weighted by Gasteiger charge is 2.56. The Labute approximate surface area is 152 Å². The van der Waals surface area contributed by atoms with E-state index in [4.69, 9.17) is 11.6 Å². The van der Waals surface area contributed by atoms with Gasteiger partial charge in [-0.05, 0) is 36.6 Å². The van der Waals surface area contributed by atoms with Gasteiger partial charge in [0.2, 0.25) is 0 Å². The molecule has 2 heterocycles. The number of aromatic amines is 1. The van der Waals surface area contributed by atoms with Gasteiger partial charge in [-0.3, -0.25) is 4.79 Å². The first-order valence-corrected chi connectivity index (χ1v) is 8.77. The zero-order valence-electron chi connectivity index (χ0n) is 13.5. The highest BCUT2D eigenvalue weighted by atomic mass is 35.5. The SMILES string of the molecule is O=c1[nH]nc2c3c(cc(F)cc13)N[C@H](C1(F)CC1)[C@H]2c1ccccc1Cl. The van der Waals surface area contributed by atoms with Crippen molar-refractivity contribution in [3.05, 3.63) is 68.8 Å². The molecule has 2 aliphatic rings. The Hall–Kier alpha value is -2.47. The summed E-state index contributed by atoms with van der Waals surface area (Å²) in [6.07, 6.45) is 0.839. The molecule has 0 unspecified atom stereocenters. The number of nitrogens with one attached hydrogen (secondary N) is 2. The Morgan fingerprint density at radius 2 is 2.00 bits per heavy atom. The Balaban J connectivity index is 1.85. The van der Waals surface area contributed by atoms with Gasteiger partial charge < -0.3 is 5.32 Å². The van der Waals surface area contributed by atoms with Gasteiger partial charge in [-0.1, -0.05) is 29.8 Å². The van der Waals surface area contributed by atoms with E-state index in [0.29, 0.717) is 34.6 Å². The van der Waals surface area contributed by atoms with Gasteiger partial charge in [0, 0.05) is 16.1 Å². The largest absolute Gasteiger partial charge is 0.377 e. The number of nitrogens with zero attached hydrogens (tertiary/aromatic N) is 1. The first kappa shape index (κ1) is 15.8. The lowest BCUT2D eigenvalue weighted by molar-refractivity contribution is 0.253. The Bertz CT molecular complexity index is 1110. The van der Waals surface area contributed by atoms with E-state index in [0.717, 1.165) is 5.56 Å². The zero-order chi connectivity index (χ0) is 18.1. The number of H-pyrrole nitrogens is 1. The number of halogens is 3. The molecular weight excluding hydrogens is 360 g/mol. The molecular formula is C19H14ClF2N3O. The number of aromatic nitrogens is 2. The van der Waals surface area contributed by atoms with Crippen LogP contribution >= 0.6 is 11.6 Å². The predicted molar refractivity (Wildman–Crippen MR) is 96.1 cm³/mol. The van der Waals surface area contributed by atoms with Gasteiger partial charge in [-0.15, -0.1) is 0 Å². The van der Waals surface area contributed by atoms with Crippen LogP contribution in [0.25, 0.3) is 10.8 Å². The van der Waals surface area contributed by atoms with E-state index in [9.17, 15) is 9.18 Å². The van der Waals surface area contributed by atoms with Crippen LogP contribution in [0.2, 0.25) is 5.02 Å². The van der Waals surface area contributed by atoms with Gasteiger partial charge in [0.15, 0.2) is 0 Å². The highest BCUT2D eigenvalue weighted by molar-refractivity contribution is 6.31. The first-order valence-electron chi connectivity index (χ1n) is 8.40. The molecule has 5 rings (SSSR count). The van der Waals surface area contributed by atoms with Crippen LogP contribution in [0.5, 0.6) is 0 Å². The van der Waals surface area contributed by atoms with Crippen LogP contribution in [0.4, 0.5) is 14.5 Å². The van der Waals surface area contributed by atoms with Crippen LogP contribution in [-0.4, -0.2) is 21.9 Å². The van der Waals surface area contributed by atoms with Crippen molar-refractivity contribution < 1.29 is 8.78 Å². The Morgan fingerprint density at radius 1 is 1.23 bits per heavy atom. The van der Waals surface area contributed by atoms with Gasteiger partial charge in [0.1, 0.15) is 11.5 Å². The summed E-state index contributed by atoms with van der Waals surface area (Å²) in [7, 11) is 0. The van der Waals surface area contributed by atoms with Crippen molar-refractivity contribution in [1.29, 1.82) is 0 Å². The number of hydrogen-bond donors (Lipinski definition) is 2. The minimum atomic E-state index is -1.42. The summed E-state index contributed by atoms with van der Waals surface area (Å²) in [6, 6.07) is 9.04. The molecule has 3 aromatic rings. The van der Waals surface area contributed by atoms with Crippen molar-refractivity contribution in [3.63, 3.8) is 0 Å². The Morgan fingerprint density at radius 3 is 2.73 bits per heavy atom. The number of hydrogen-bond acceptors (Lipinski definition) is 3. The molecule has 0 radical (unpaired) electrons. The van der Waals surface area contributed by atoms with Crippen LogP contribution in [0.3, 0.4) is 0 Å². The molecule has 1 saturated carbocycles. The molecule has 7 heteroatoms. The smallest absolute Gasteiger partial charge is 0.272 e. The van der Waals surface area contributed by atoms with Crippen molar-refractivity contribution in [2.24, 2.45) is 0 Å². The van der Waals surface area contributed by atoms with Crippen LogP contribution in [0.15, 0.2) is 41.2 Å². The van der Waals surface area contributed by atoms with Crippen molar-refractivity contribution in [2.75, 3.05) is 5.32 Å². The van der Waals surface area contributed by atoms with Crippen molar-refractivity contribution in [2.45, 2.75) is 30.5 Å². The van der Waals surface area contributed by atoms with Gasteiger partial charge >= 0.3 is 0 Å². The van der Waals surface area contributed by atoms with E-state index in [1.54, 1.807) is 12.1 Å². The van der Waals surface area contributed by atoms with E-state index in [1.165, 1.54) is 12.1 Å². The molecule has 1 fully saturated rings.